The third kappa shape index (κ3) is 3.89. The summed E-state index contributed by atoms with van der Waals surface area (Å²) in [5, 5.41) is 7.63. The number of pyridine rings is 2. The van der Waals surface area contributed by atoms with Gasteiger partial charge < -0.3 is 5.32 Å². The molecule has 4 aromatic carbocycles. The molecule has 0 amide bonds. The van der Waals surface area contributed by atoms with E-state index in [-0.39, 0.29) is 6.04 Å². The molecule has 1 N–H and O–H groups in total. The van der Waals surface area contributed by atoms with Crippen LogP contribution in [0.4, 0.5) is 5.69 Å². The number of hydrogen-bond donors (Lipinski definition) is 1. The number of fused-ring (bicyclic) bond motifs is 5. The summed E-state index contributed by atoms with van der Waals surface area (Å²) in [6.45, 7) is 0. The van der Waals surface area contributed by atoms with Crippen LogP contribution in [0.5, 0.6) is 0 Å². The number of nitrogens with one attached hydrogen (secondary N) is 1. The highest BCUT2D eigenvalue weighted by atomic mass is 31.1. The topological polar surface area (TPSA) is 37.8 Å². The summed E-state index contributed by atoms with van der Waals surface area (Å²) >= 11 is 0. The average Bonchev–Trinajstić information content (AvgIpc) is 2.98. The van der Waals surface area contributed by atoms with Crippen molar-refractivity contribution < 1.29 is 0 Å². The molecule has 176 valence electrons. The summed E-state index contributed by atoms with van der Waals surface area (Å²) in [5.41, 5.74) is 8.43. The van der Waals surface area contributed by atoms with E-state index < -0.39 is 7.92 Å². The monoisotopic (exact) mass is 493 g/mol. The molecule has 0 bridgehead atoms. The van der Waals surface area contributed by atoms with Crippen molar-refractivity contribution in [1.29, 1.82) is 0 Å². The predicted octanol–water partition coefficient (Wildman–Crippen LogP) is 6.57. The van der Waals surface area contributed by atoms with Gasteiger partial charge in [-0.05, 0) is 63.1 Å². The fraction of sp³-hybridized carbons (Fsp3) is 0.0303. The minimum Gasteiger partial charge on any atom is -0.374 e. The summed E-state index contributed by atoms with van der Waals surface area (Å²) < 4.78 is 0. The molecule has 0 aliphatic carbocycles. The minimum absolute atomic E-state index is 0.0690. The number of rotatable bonds is 4. The first kappa shape index (κ1) is 21.9. The maximum Gasteiger partial charge on any atom is 0.0773 e. The van der Waals surface area contributed by atoms with Gasteiger partial charge in [-0.1, -0.05) is 91.0 Å². The van der Waals surface area contributed by atoms with Crippen LogP contribution in [0, 0.1) is 0 Å². The van der Waals surface area contributed by atoms with Gasteiger partial charge in [-0.25, -0.2) is 0 Å². The van der Waals surface area contributed by atoms with Crippen molar-refractivity contribution in [3.8, 4) is 11.1 Å². The number of hydrogen-bond acceptors (Lipinski definition) is 3. The highest BCUT2D eigenvalue weighted by Crippen LogP contribution is 2.46. The summed E-state index contributed by atoms with van der Waals surface area (Å²) in [6, 6.07) is 43.2. The lowest BCUT2D eigenvalue weighted by atomic mass is 9.83. The van der Waals surface area contributed by atoms with Crippen molar-refractivity contribution in [1.82, 2.24) is 9.97 Å². The van der Waals surface area contributed by atoms with Gasteiger partial charge in [0.25, 0.3) is 0 Å². The number of benzene rings is 4. The van der Waals surface area contributed by atoms with E-state index in [1.165, 1.54) is 44.0 Å². The molecule has 1 unspecified atom stereocenters. The van der Waals surface area contributed by atoms with Gasteiger partial charge in [0, 0.05) is 31.6 Å². The molecule has 6 aromatic rings. The van der Waals surface area contributed by atoms with Gasteiger partial charge in [0.2, 0.25) is 0 Å². The van der Waals surface area contributed by atoms with Crippen LogP contribution >= 0.6 is 7.92 Å². The lowest BCUT2D eigenvalue weighted by Crippen LogP contribution is -2.25. The summed E-state index contributed by atoms with van der Waals surface area (Å²) in [5.74, 6) is 0. The van der Waals surface area contributed by atoms with Crippen LogP contribution in [0.1, 0.15) is 17.2 Å². The Kier molecular flexibility index (Phi) is 5.49. The van der Waals surface area contributed by atoms with E-state index in [2.05, 4.69) is 115 Å². The molecule has 7 rings (SSSR count). The van der Waals surface area contributed by atoms with Crippen molar-refractivity contribution in [3.05, 3.63) is 145 Å². The first-order chi connectivity index (χ1) is 18.4. The summed E-state index contributed by atoms with van der Waals surface area (Å²) in [6.07, 6.45) is 3.74. The van der Waals surface area contributed by atoms with E-state index in [1.807, 2.05) is 24.5 Å². The number of aromatic nitrogens is 2. The van der Waals surface area contributed by atoms with Crippen LogP contribution < -0.4 is 21.5 Å². The van der Waals surface area contributed by atoms with Crippen LogP contribution in [0.15, 0.2) is 134 Å². The fourth-order valence-corrected chi connectivity index (χ4v) is 7.37. The van der Waals surface area contributed by atoms with Gasteiger partial charge in [0.15, 0.2) is 0 Å². The SMILES string of the molecule is c1ccc(P(c2ccc(C3Nc4ccccc4-c4c3ccc3ccccc43)cc2)c2ccccn2)nc1. The third-order valence-corrected chi connectivity index (χ3v) is 9.27. The Labute approximate surface area is 217 Å². The maximum atomic E-state index is 4.70. The van der Waals surface area contributed by atoms with Crippen molar-refractivity contribution in [2.45, 2.75) is 6.04 Å². The van der Waals surface area contributed by atoms with Crippen molar-refractivity contribution in [2.75, 3.05) is 5.32 Å². The standard InChI is InChI=1S/C33H24N3P/c1-2-10-26-23(9-1)17-20-28-32(26)27-11-3-4-12-29(27)36-33(28)24-15-18-25(19-16-24)37(30-13-5-7-21-34-30)31-14-6-8-22-35-31/h1-22,33,36H. The lowest BCUT2D eigenvalue weighted by molar-refractivity contribution is 0.933. The van der Waals surface area contributed by atoms with Gasteiger partial charge in [-0.3, -0.25) is 9.97 Å². The van der Waals surface area contributed by atoms with E-state index in [0.717, 1.165) is 10.9 Å². The second kappa shape index (κ2) is 9.28. The molecule has 1 atom stereocenters. The number of anilines is 1. The Balaban J connectivity index is 1.33. The molecule has 0 radical (unpaired) electrons. The van der Waals surface area contributed by atoms with E-state index in [0.29, 0.717) is 0 Å². The van der Waals surface area contributed by atoms with Gasteiger partial charge in [-0.15, -0.1) is 0 Å². The molecule has 4 heteroatoms. The number of nitrogens with zero attached hydrogens (tertiary/aromatic N) is 2. The molecule has 2 aromatic heterocycles. The van der Waals surface area contributed by atoms with Gasteiger partial charge in [-0.2, -0.15) is 0 Å². The minimum atomic E-state index is -0.837. The predicted molar refractivity (Wildman–Crippen MR) is 156 cm³/mol. The Morgan fingerprint density at radius 3 is 2.00 bits per heavy atom. The molecule has 0 saturated carbocycles. The van der Waals surface area contributed by atoms with E-state index in [4.69, 9.17) is 9.97 Å². The highest BCUT2D eigenvalue weighted by Gasteiger charge is 2.27. The molecule has 1 aliphatic heterocycles. The molecular weight excluding hydrogens is 469 g/mol. The van der Waals surface area contributed by atoms with Crippen LogP contribution in [0.25, 0.3) is 21.9 Å². The van der Waals surface area contributed by atoms with Crippen molar-refractivity contribution in [2.24, 2.45) is 0 Å². The van der Waals surface area contributed by atoms with Crippen LogP contribution in [0.3, 0.4) is 0 Å². The van der Waals surface area contributed by atoms with Crippen molar-refractivity contribution >= 4 is 40.6 Å². The molecule has 3 heterocycles. The Morgan fingerprint density at radius 1 is 0.595 bits per heavy atom. The first-order valence-corrected chi connectivity index (χ1v) is 13.8. The zero-order chi connectivity index (χ0) is 24.6. The largest absolute Gasteiger partial charge is 0.374 e. The van der Waals surface area contributed by atoms with Gasteiger partial charge in [0.1, 0.15) is 0 Å². The zero-order valence-electron chi connectivity index (χ0n) is 20.1. The normalized spacial score (nSPS) is 14.1. The Morgan fingerprint density at radius 2 is 1.27 bits per heavy atom. The molecule has 0 fully saturated rings. The first-order valence-electron chi connectivity index (χ1n) is 12.5. The molecule has 0 spiro atoms. The average molecular weight is 494 g/mol. The summed E-state index contributed by atoms with van der Waals surface area (Å²) in [7, 11) is -0.837. The molecule has 37 heavy (non-hydrogen) atoms. The molecular formula is C33H24N3P. The van der Waals surface area contributed by atoms with E-state index in [1.54, 1.807) is 0 Å². The van der Waals surface area contributed by atoms with Crippen molar-refractivity contribution in [3.63, 3.8) is 0 Å². The third-order valence-electron chi connectivity index (χ3n) is 7.01. The van der Waals surface area contributed by atoms with Crippen LogP contribution in [-0.2, 0) is 0 Å². The number of para-hydroxylation sites is 1. The fourth-order valence-electron chi connectivity index (χ4n) is 5.32. The van der Waals surface area contributed by atoms with Gasteiger partial charge in [0.05, 0.1) is 16.9 Å². The maximum absolute atomic E-state index is 4.70. The molecule has 1 aliphatic rings. The second-order valence-electron chi connectivity index (χ2n) is 9.18. The Bertz CT molecular complexity index is 1660. The Hall–Kier alpha value is -4.33. The highest BCUT2D eigenvalue weighted by molar-refractivity contribution is 7.79. The van der Waals surface area contributed by atoms with E-state index >= 15 is 0 Å². The molecule has 0 saturated heterocycles. The van der Waals surface area contributed by atoms with Crippen LogP contribution in [-0.4, -0.2) is 9.97 Å². The quantitative estimate of drug-likeness (QED) is 0.282. The summed E-state index contributed by atoms with van der Waals surface area (Å²) in [4.78, 5) is 9.41. The smallest absolute Gasteiger partial charge is 0.0773 e. The molecule has 3 nitrogen and oxygen atoms in total. The van der Waals surface area contributed by atoms with Gasteiger partial charge >= 0.3 is 0 Å². The van der Waals surface area contributed by atoms with Crippen LogP contribution in [0.2, 0.25) is 0 Å². The zero-order valence-corrected chi connectivity index (χ0v) is 21.0. The second-order valence-corrected chi connectivity index (χ2v) is 11.3. The van der Waals surface area contributed by atoms with E-state index in [9.17, 15) is 0 Å². The lowest BCUT2D eigenvalue weighted by Gasteiger charge is -2.31.